The molecule has 1 aliphatic heterocycles. The molecule has 0 spiro atoms. The zero-order valence-electron chi connectivity index (χ0n) is 15.2. The van der Waals surface area contributed by atoms with Crippen LogP contribution in [-0.4, -0.2) is 46.4 Å². The fraction of sp³-hybridized carbons (Fsp3) is 0.500. The van der Waals surface area contributed by atoms with Crippen LogP contribution in [0.4, 0.5) is 13.2 Å². The van der Waals surface area contributed by atoms with Crippen molar-refractivity contribution in [1.29, 1.82) is 0 Å². The van der Waals surface area contributed by atoms with Gasteiger partial charge in [-0.2, -0.15) is 13.2 Å². The highest BCUT2D eigenvalue weighted by molar-refractivity contribution is 7.99. The molecule has 0 radical (unpaired) electrons. The summed E-state index contributed by atoms with van der Waals surface area (Å²) in [7, 11) is 0. The number of hydrogen-bond acceptors (Lipinski definition) is 6. The quantitative estimate of drug-likeness (QED) is 0.698. The first-order valence-corrected chi connectivity index (χ1v) is 10.0. The second kappa shape index (κ2) is 9.42. The van der Waals surface area contributed by atoms with Crippen molar-refractivity contribution in [3.8, 4) is 0 Å². The number of likely N-dealkylation sites (tertiary alicyclic amines) is 1. The first-order chi connectivity index (χ1) is 13.4. The van der Waals surface area contributed by atoms with E-state index in [1.165, 1.54) is 43.2 Å². The highest BCUT2D eigenvalue weighted by Gasteiger charge is 2.30. The van der Waals surface area contributed by atoms with Crippen molar-refractivity contribution in [2.45, 2.75) is 37.2 Å². The molecule has 2 aromatic rings. The van der Waals surface area contributed by atoms with Gasteiger partial charge in [-0.05, 0) is 44.1 Å². The monoisotopic (exact) mass is 414 g/mol. The van der Waals surface area contributed by atoms with Crippen molar-refractivity contribution in [3.05, 3.63) is 41.3 Å². The number of nitrogens with zero attached hydrogens (tertiary/aromatic N) is 3. The lowest BCUT2D eigenvalue weighted by atomic mass is 10.1. The molecule has 0 atom stereocenters. The Kier molecular flexibility index (Phi) is 6.95. The molecule has 6 nitrogen and oxygen atoms in total. The Morgan fingerprint density at radius 2 is 2.00 bits per heavy atom. The number of halogens is 3. The van der Waals surface area contributed by atoms with Gasteiger partial charge in [0, 0.05) is 17.9 Å². The molecule has 1 N–H and O–H groups in total. The van der Waals surface area contributed by atoms with Gasteiger partial charge in [-0.15, -0.1) is 10.2 Å². The molecule has 0 aliphatic carbocycles. The number of piperidine rings is 1. The van der Waals surface area contributed by atoms with E-state index in [0.717, 1.165) is 37.5 Å². The van der Waals surface area contributed by atoms with Crippen LogP contribution in [0.15, 0.2) is 33.9 Å². The Labute approximate surface area is 164 Å². The summed E-state index contributed by atoms with van der Waals surface area (Å²) in [5.41, 5.74) is -0.948. The van der Waals surface area contributed by atoms with Crippen LogP contribution in [0.3, 0.4) is 0 Å². The van der Waals surface area contributed by atoms with Crippen LogP contribution in [0.2, 0.25) is 0 Å². The summed E-state index contributed by atoms with van der Waals surface area (Å²) in [6.07, 6.45) is -0.728. The number of amides is 1. The number of alkyl halides is 3. The molecule has 0 saturated carbocycles. The van der Waals surface area contributed by atoms with Crippen molar-refractivity contribution in [2.75, 3.05) is 25.4 Å². The zero-order chi connectivity index (χ0) is 20.0. The number of rotatable bonds is 7. The fourth-order valence-corrected chi connectivity index (χ4v) is 3.69. The molecule has 1 aromatic carbocycles. The molecular weight excluding hydrogens is 393 g/mol. The first kappa shape index (κ1) is 20.7. The molecule has 1 saturated heterocycles. The third-order valence-corrected chi connectivity index (χ3v) is 5.18. The Balaban J connectivity index is 1.45. The summed E-state index contributed by atoms with van der Waals surface area (Å²) >= 11 is 1.45. The van der Waals surface area contributed by atoms with Gasteiger partial charge >= 0.3 is 6.18 Å². The molecule has 28 heavy (non-hydrogen) atoms. The van der Waals surface area contributed by atoms with Gasteiger partial charge < -0.3 is 14.6 Å². The number of carbonyl (C=O) groups excluding carboxylic acids is 1. The average molecular weight is 414 g/mol. The van der Waals surface area contributed by atoms with E-state index >= 15 is 0 Å². The van der Waals surface area contributed by atoms with Crippen LogP contribution in [0.5, 0.6) is 0 Å². The maximum atomic E-state index is 12.7. The minimum absolute atomic E-state index is 0.0469. The second-order valence-corrected chi connectivity index (χ2v) is 7.52. The van der Waals surface area contributed by atoms with Crippen molar-refractivity contribution in [1.82, 2.24) is 20.4 Å². The lowest BCUT2D eigenvalue weighted by Gasteiger charge is -2.25. The van der Waals surface area contributed by atoms with E-state index in [0.29, 0.717) is 5.22 Å². The van der Waals surface area contributed by atoms with Gasteiger partial charge in [0.1, 0.15) is 0 Å². The van der Waals surface area contributed by atoms with Gasteiger partial charge in [0.2, 0.25) is 5.89 Å². The normalized spacial score (nSPS) is 15.5. The molecule has 0 bridgehead atoms. The number of hydrogen-bond donors (Lipinski definition) is 1. The van der Waals surface area contributed by atoms with Crippen molar-refractivity contribution >= 4 is 17.7 Å². The Bertz CT molecular complexity index is 791. The number of nitrogens with one attached hydrogen (secondary N) is 1. The third-order valence-electron chi connectivity index (χ3n) is 4.38. The van der Waals surface area contributed by atoms with Crippen LogP contribution < -0.4 is 5.32 Å². The Morgan fingerprint density at radius 1 is 1.21 bits per heavy atom. The van der Waals surface area contributed by atoms with E-state index in [9.17, 15) is 18.0 Å². The molecule has 1 fully saturated rings. The molecule has 1 aromatic heterocycles. The van der Waals surface area contributed by atoms with Crippen LogP contribution >= 0.6 is 11.8 Å². The topological polar surface area (TPSA) is 71.3 Å². The summed E-state index contributed by atoms with van der Waals surface area (Å²) in [6.45, 7) is 3.15. The summed E-state index contributed by atoms with van der Waals surface area (Å²) in [4.78, 5) is 14.5. The molecule has 3 rings (SSSR count). The van der Waals surface area contributed by atoms with Crippen LogP contribution in [0.25, 0.3) is 0 Å². The number of aromatic nitrogens is 2. The van der Waals surface area contributed by atoms with E-state index < -0.39 is 17.6 Å². The van der Waals surface area contributed by atoms with Gasteiger partial charge in [-0.25, -0.2) is 0 Å². The zero-order valence-corrected chi connectivity index (χ0v) is 16.0. The van der Waals surface area contributed by atoms with E-state index in [4.69, 9.17) is 4.42 Å². The van der Waals surface area contributed by atoms with E-state index in [1.54, 1.807) is 0 Å². The molecule has 1 aliphatic rings. The average Bonchev–Trinajstić information content (AvgIpc) is 3.14. The minimum atomic E-state index is -4.50. The molecule has 10 heteroatoms. The largest absolute Gasteiger partial charge is 0.416 e. The summed E-state index contributed by atoms with van der Waals surface area (Å²) in [6, 6.07) is 4.25. The summed E-state index contributed by atoms with van der Waals surface area (Å²) in [5, 5.41) is 10.7. The first-order valence-electron chi connectivity index (χ1n) is 9.05. The number of benzene rings is 1. The molecule has 0 unspecified atom stereocenters. The summed E-state index contributed by atoms with van der Waals surface area (Å²) in [5.74, 6) is 0.405. The van der Waals surface area contributed by atoms with Gasteiger partial charge in [-0.1, -0.05) is 24.2 Å². The van der Waals surface area contributed by atoms with Gasteiger partial charge in [0.25, 0.3) is 11.1 Å². The highest BCUT2D eigenvalue weighted by atomic mass is 32.2. The van der Waals surface area contributed by atoms with Gasteiger partial charge in [0.05, 0.1) is 12.1 Å². The minimum Gasteiger partial charge on any atom is -0.414 e. The predicted octanol–water partition coefficient (Wildman–Crippen LogP) is 3.60. The number of carbonyl (C=O) groups is 1. The smallest absolute Gasteiger partial charge is 0.414 e. The van der Waals surface area contributed by atoms with Crippen LogP contribution in [0, 0.1) is 0 Å². The SMILES string of the molecule is O=C(NCc1nnc(SCCN2CCCCC2)o1)c1cccc(C(F)(F)F)c1. The predicted molar refractivity (Wildman–Crippen MR) is 97.9 cm³/mol. The Hall–Kier alpha value is -2.07. The van der Waals surface area contributed by atoms with Gasteiger partial charge in [0.15, 0.2) is 0 Å². The lowest BCUT2D eigenvalue weighted by molar-refractivity contribution is -0.137. The lowest BCUT2D eigenvalue weighted by Crippen LogP contribution is -2.31. The summed E-state index contributed by atoms with van der Waals surface area (Å²) < 4.78 is 43.7. The van der Waals surface area contributed by atoms with Crippen LogP contribution in [0.1, 0.15) is 41.1 Å². The van der Waals surface area contributed by atoms with Crippen molar-refractivity contribution < 1.29 is 22.4 Å². The third kappa shape index (κ3) is 5.96. The maximum Gasteiger partial charge on any atom is 0.416 e. The number of thioether (sulfide) groups is 1. The molecular formula is C18H21F3N4O2S. The van der Waals surface area contributed by atoms with Crippen molar-refractivity contribution in [2.24, 2.45) is 0 Å². The maximum absolute atomic E-state index is 12.7. The van der Waals surface area contributed by atoms with E-state index in [1.807, 2.05) is 0 Å². The van der Waals surface area contributed by atoms with E-state index in [-0.39, 0.29) is 18.0 Å². The Morgan fingerprint density at radius 3 is 2.75 bits per heavy atom. The molecule has 1 amide bonds. The van der Waals surface area contributed by atoms with E-state index in [2.05, 4.69) is 20.4 Å². The van der Waals surface area contributed by atoms with Crippen LogP contribution in [-0.2, 0) is 12.7 Å². The van der Waals surface area contributed by atoms with Crippen molar-refractivity contribution in [3.63, 3.8) is 0 Å². The standard InChI is InChI=1S/C18H21F3N4O2S/c19-18(20,21)14-6-4-5-13(11-14)16(26)22-12-15-23-24-17(27-15)28-10-9-25-7-2-1-3-8-25/h4-6,11H,1-3,7-10,12H2,(H,22,26). The van der Waals surface area contributed by atoms with Gasteiger partial charge in [-0.3, -0.25) is 4.79 Å². The molecule has 2 heterocycles. The molecule has 152 valence electrons. The fourth-order valence-electron chi connectivity index (χ4n) is 2.91. The second-order valence-electron chi connectivity index (χ2n) is 6.47. The highest BCUT2D eigenvalue weighted by Crippen LogP contribution is 2.29.